The molecule has 1 unspecified atom stereocenters. The molecule has 0 fully saturated rings. The van der Waals surface area contributed by atoms with E-state index in [2.05, 4.69) is 34.3 Å². The van der Waals surface area contributed by atoms with Crippen LogP contribution in [0.25, 0.3) is 0 Å². The van der Waals surface area contributed by atoms with E-state index in [4.69, 9.17) is 9.79 Å². The molecule has 0 spiro atoms. The maximum Gasteiger partial charge on any atom is 0.353 e. The molecule has 1 heterocycles. The van der Waals surface area contributed by atoms with Crippen molar-refractivity contribution >= 4 is 19.8 Å². The molecule has 13 heavy (non-hydrogen) atoms. The van der Waals surface area contributed by atoms with E-state index in [1.807, 2.05) is 0 Å². The first-order valence-corrected chi connectivity index (χ1v) is 5.23. The van der Waals surface area contributed by atoms with Crippen molar-refractivity contribution in [3.8, 4) is 0 Å². The van der Waals surface area contributed by atoms with E-state index in [-0.39, 0.29) is 4.77 Å². The zero-order chi connectivity index (χ0) is 10.1. The molecule has 1 atom stereocenters. The summed E-state index contributed by atoms with van der Waals surface area (Å²) >= 11 is 4.66. The van der Waals surface area contributed by atoms with E-state index in [0.717, 1.165) is 10.8 Å². The Balaban J connectivity index is 3.20. The van der Waals surface area contributed by atoms with E-state index < -0.39 is 13.4 Å². The highest BCUT2D eigenvalue weighted by Crippen LogP contribution is 2.48. The molecular formula is C4H7N4O3PS. The van der Waals surface area contributed by atoms with Crippen LogP contribution in [0.2, 0.25) is 0 Å². The van der Waals surface area contributed by atoms with Crippen LogP contribution in [0.4, 0.5) is 0 Å². The molecule has 9 heteroatoms. The SMILES string of the molecule is C=CC(n1[nH]nnc1=S)P(=O)(O)O. The van der Waals surface area contributed by atoms with Gasteiger partial charge < -0.3 is 9.79 Å². The Morgan fingerprint density at radius 2 is 2.38 bits per heavy atom. The van der Waals surface area contributed by atoms with Crippen molar-refractivity contribution in [2.24, 2.45) is 0 Å². The summed E-state index contributed by atoms with van der Waals surface area (Å²) in [5, 5.41) is 8.93. The summed E-state index contributed by atoms with van der Waals surface area (Å²) in [6.07, 6.45) is 1.08. The number of aromatic nitrogens is 4. The summed E-state index contributed by atoms with van der Waals surface area (Å²) in [6.45, 7) is 3.29. The second kappa shape index (κ2) is 3.51. The minimum absolute atomic E-state index is 0.0341. The van der Waals surface area contributed by atoms with Crippen molar-refractivity contribution in [2.75, 3.05) is 0 Å². The molecule has 0 aliphatic rings. The molecule has 1 rings (SSSR count). The smallest absolute Gasteiger partial charge is 0.323 e. The van der Waals surface area contributed by atoms with Crippen LogP contribution in [0.3, 0.4) is 0 Å². The number of aromatic amines is 1. The fourth-order valence-corrected chi connectivity index (χ4v) is 1.78. The summed E-state index contributed by atoms with van der Waals surface area (Å²) in [5.74, 6) is -1.24. The van der Waals surface area contributed by atoms with Crippen molar-refractivity contribution in [2.45, 2.75) is 5.78 Å². The molecule has 7 nitrogen and oxygen atoms in total. The van der Waals surface area contributed by atoms with Crippen LogP contribution in [0.5, 0.6) is 0 Å². The largest absolute Gasteiger partial charge is 0.353 e. The molecule has 1 aromatic heterocycles. The summed E-state index contributed by atoms with van der Waals surface area (Å²) in [6, 6.07) is 0. The second-order valence-electron chi connectivity index (χ2n) is 2.19. The predicted octanol–water partition coefficient (Wildman–Crippen LogP) is 0.198. The number of hydrogen-bond acceptors (Lipinski definition) is 4. The first kappa shape index (κ1) is 10.3. The van der Waals surface area contributed by atoms with Gasteiger partial charge in [0.1, 0.15) is 0 Å². The third-order valence-corrected chi connectivity index (χ3v) is 2.72. The lowest BCUT2D eigenvalue weighted by Crippen LogP contribution is -2.08. The Morgan fingerprint density at radius 1 is 1.77 bits per heavy atom. The van der Waals surface area contributed by atoms with Gasteiger partial charge in [0, 0.05) is 0 Å². The molecule has 0 aliphatic carbocycles. The standard InChI is InChI=1S/C4H7N4O3PS/c1-2-3(12(9,10)11)8-4(13)5-6-7-8/h2-3H,1H2,(H,5,7,13)(H2,9,10,11). The van der Waals surface area contributed by atoms with Crippen molar-refractivity contribution in [1.82, 2.24) is 20.2 Å². The van der Waals surface area contributed by atoms with Gasteiger partial charge in [-0.1, -0.05) is 16.4 Å². The van der Waals surface area contributed by atoms with Gasteiger partial charge in [-0.2, -0.15) is 5.21 Å². The number of allylic oxidation sites excluding steroid dienone is 1. The van der Waals surface area contributed by atoms with Gasteiger partial charge in [-0.15, -0.1) is 6.58 Å². The van der Waals surface area contributed by atoms with Gasteiger partial charge in [-0.3, -0.25) is 4.57 Å². The molecule has 0 bridgehead atoms. The lowest BCUT2D eigenvalue weighted by atomic mass is 10.6. The lowest BCUT2D eigenvalue weighted by Gasteiger charge is -2.13. The number of nitrogens with one attached hydrogen (secondary N) is 1. The molecular weight excluding hydrogens is 215 g/mol. The molecule has 72 valence electrons. The first-order chi connectivity index (χ1) is 5.96. The highest BCUT2D eigenvalue weighted by atomic mass is 32.1. The van der Waals surface area contributed by atoms with Crippen molar-refractivity contribution < 1.29 is 14.4 Å². The van der Waals surface area contributed by atoms with Crippen LogP contribution in [0.1, 0.15) is 5.78 Å². The normalized spacial score (nSPS) is 14.0. The number of H-pyrrole nitrogens is 1. The molecule has 0 radical (unpaired) electrons. The van der Waals surface area contributed by atoms with Crippen LogP contribution in [0.15, 0.2) is 12.7 Å². The monoisotopic (exact) mass is 222 g/mol. The third kappa shape index (κ3) is 2.10. The Kier molecular flexibility index (Phi) is 2.77. The molecule has 0 aromatic carbocycles. The van der Waals surface area contributed by atoms with Crippen molar-refractivity contribution in [3.05, 3.63) is 17.4 Å². The maximum atomic E-state index is 10.9. The van der Waals surface area contributed by atoms with E-state index in [0.29, 0.717) is 0 Å². The highest BCUT2D eigenvalue weighted by molar-refractivity contribution is 7.71. The van der Waals surface area contributed by atoms with Crippen molar-refractivity contribution in [1.29, 1.82) is 0 Å². The predicted molar refractivity (Wildman–Crippen MR) is 46.5 cm³/mol. The van der Waals surface area contributed by atoms with E-state index >= 15 is 0 Å². The molecule has 3 N–H and O–H groups in total. The van der Waals surface area contributed by atoms with Crippen LogP contribution in [0, 0.1) is 4.77 Å². The van der Waals surface area contributed by atoms with Gasteiger partial charge in [0.15, 0.2) is 5.78 Å². The fraction of sp³-hybridized carbons (Fsp3) is 0.250. The van der Waals surface area contributed by atoms with E-state index in [9.17, 15) is 4.57 Å². The molecule has 0 aliphatic heterocycles. The number of nitrogens with zero attached hydrogens (tertiary/aromatic N) is 3. The molecule has 1 aromatic rings. The van der Waals surface area contributed by atoms with Crippen molar-refractivity contribution in [3.63, 3.8) is 0 Å². The molecule has 0 saturated heterocycles. The van der Waals surface area contributed by atoms with Gasteiger partial charge in [-0.25, -0.2) is 4.68 Å². The minimum Gasteiger partial charge on any atom is -0.323 e. The van der Waals surface area contributed by atoms with Crippen LogP contribution in [-0.2, 0) is 4.57 Å². The Bertz CT molecular complexity index is 406. The van der Waals surface area contributed by atoms with Crippen LogP contribution < -0.4 is 0 Å². The molecule has 0 saturated carbocycles. The average Bonchev–Trinajstić information content (AvgIpc) is 2.35. The highest BCUT2D eigenvalue weighted by Gasteiger charge is 2.28. The summed E-state index contributed by atoms with van der Waals surface area (Å²) < 4.78 is 11.8. The lowest BCUT2D eigenvalue weighted by molar-refractivity contribution is 0.346. The van der Waals surface area contributed by atoms with Crippen LogP contribution in [-0.4, -0.2) is 30.0 Å². The number of hydrogen-bond donors (Lipinski definition) is 3. The Morgan fingerprint density at radius 3 is 2.69 bits per heavy atom. The number of tetrazole rings is 1. The average molecular weight is 222 g/mol. The summed E-state index contributed by atoms with van der Waals surface area (Å²) in [4.78, 5) is 17.7. The van der Waals surface area contributed by atoms with Crippen LogP contribution >= 0.6 is 19.8 Å². The van der Waals surface area contributed by atoms with Gasteiger partial charge in [0.05, 0.1) is 0 Å². The minimum atomic E-state index is -4.32. The Hall–Kier alpha value is -0.820. The van der Waals surface area contributed by atoms with Gasteiger partial charge in [0.2, 0.25) is 4.77 Å². The van der Waals surface area contributed by atoms with E-state index in [1.54, 1.807) is 0 Å². The fourth-order valence-electron chi connectivity index (χ4n) is 0.770. The zero-order valence-corrected chi connectivity index (χ0v) is 8.07. The summed E-state index contributed by atoms with van der Waals surface area (Å²) in [7, 11) is -4.32. The van der Waals surface area contributed by atoms with Gasteiger partial charge >= 0.3 is 7.60 Å². The molecule has 0 amide bonds. The zero-order valence-electron chi connectivity index (χ0n) is 6.36. The quantitative estimate of drug-likeness (QED) is 0.383. The van der Waals surface area contributed by atoms with Gasteiger partial charge in [-0.05, 0) is 12.2 Å². The first-order valence-electron chi connectivity index (χ1n) is 3.14. The van der Waals surface area contributed by atoms with Gasteiger partial charge in [0.25, 0.3) is 0 Å². The third-order valence-electron chi connectivity index (χ3n) is 1.31. The topological polar surface area (TPSA) is 104 Å². The summed E-state index contributed by atoms with van der Waals surface area (Å²) in [5.41, 5.74) is 0. The Labute approximate surface area is 78.2 Å². The van der Waals surface area contributed by atoms with E-state index in [1.165, 1.54) is 0 Å². The number of rotatable bonds is 3. The maximum absolute atomic E-state index is 10.9. The second-order valence-corrected chi connectivity index (χ2v) is 4.26.